The molecule has 3 atom stereocenters. The lowest BCUT2D eigenvalue weighted by atomic mass is 9.86. The molecule has 4 heterocycles. The fourth-order valence-corrected chi connectivity index (χ4v) is 5.54. The van der Waals surface area contributed by atoms with Crippen molar-refractivity contribution in [2.45, 2.75) is 50.5 Å². The Bertz CT molecular complexity index is 1290. The first-order chi connectivity index (χ1) is 16.1. The molecule has 9 nitrogen and oxygen atoms in total. The SMILES string of the molecule is Cc1cc(F)c(CNC(=O)c2c3n4c(c(O)c2=O)C(=O)N2CCCC[C@@]4(C2)[C@H](O)[C@H]3O)c(F)c1. The van der Waals surface area contributed by atoms with Crippen LogP contribution in [-0.2, 0) is 12.1 Å². The van der Waals surface area contributed by atoms with Crippen molar-refractivity contribution in [2.75, 3.05) is 13.1 Å². The number of hydrogen-bond donors (Lipinski definition) is 4. The molecule has 1 fully saturated rings. The summed E-state index contributed by atoms with van der Waals surface area (Å²) < 4.78 is 29.7. The van der Waals surface area contributed by atoms with E-state index in [4.69, 9.17) is 0 Å². The number of nitrogens with one attached hydrogen (secondary N) is 1. The third-order valence-electron chi connectivity index (χ3n) is 7.14. The third-order valence-corrected chi connectivity index (χ3v) is 7.14. The molecule has 1 aromatic carbocycles. The number of aromatic nitrogens is 1. The van der Waals surface area contributed by atoms with Crippen molar-refractivity contribution in [1.82, 2.24) is 14.8 Å². The van der Waals surface area contributed by atoms with Gasteiger partial charge in [0.05, 0.1) is 11.2 Å². The zero-order valence-electron chi connectivity index (χ0n) is 18.3. The average Bonchev–Trinajstić information content (AvgIpc) is 2.92. The van der Waals surface area contributed by atoms with Gasteiger partial charge < -0.3 is 30.1 Å². The summed E-state index contributed by atoms with van der Waals surface area (Å²) in [4.78, 5) is 40.6. The van der Waals surface area contributed by atoms with Gasteiger partial charge in [0.25, 0.3) is 11.8 Å². The number of aliphatic hydroxyl groups excluding tert-OH is 2. The van der Waals surface area contributed by atoms with Gasteiger partial charge in [-0.05, 0) is 43.9 Å². The highest BCUT2D eigenvalue weighted by Crippen LogP contribution is 2.49. The number of halogens is 2. The molecule has 1 spiro atoms. The maximum atomic E-state index is 14.2. The van der Waals surface area contributed by atoms with Crippen molar-refractivity contribution in [1.29, 1.82) is 0 Å². The van der Waals surface area contributed by atoms with Crippen molar-refractivity contribution in [3.8, 4) is 5.75 Å². The molecule has 4 N–H and O–H groups in total. The number of benzene rings is 1. The second kappa shape index (κ2) is 7.60. The van der Waals surface area contributed by atoms with Gasteiger partial charge in [0.15, 0.2) is 11.4 Å². The molecule has 180 valence electrons. The van der Waals surface area contributed by atoms with E-state index in [1.54, 1.807) is 0 Å². The number of rotatable bonds is 3. The molecule has 0 radical (unpaired) electrons. The van der Waals surface area contributed by atoms with E-state index in [9.17, 15) is 38.5 Å². The van der Waals surface area contributed by atoms with E-state index in [0.717, 1.165) is 12.1 Å². The Morgan fingerprint density at radius 1 is 1.21 bits per heavy atom. The molecule has 3 aliphatic rings. The smallest absolute Gasteiger partial charge is 0.274 e. The fourth-order valence-electron chi connectivity index (χ4n) is 5.54. The van der Waals surface area contributed by atoms with Gasteiger partial charge in [-0.25, -0.2) is 8.78 Å². The van der Waals surface area contributed by atoms with Crippen LogP contribution in [0.2, 0.25) is 0 Å². The number of carbonyl (C=O) groups is 2. The minimum absolute atomic E-state index is 0.0488. The van der Waals surface area contributed by atoms with Gasteiger partial charge in [-0.15, -0.1) is 0 Å². The number of aliphatic hydroxyl groups is 2. The summed E-state index contributed by atoms with van der Waals surface area (Å²) in [5.74, 6) is -4.47. The van der Waals surface area contributed by atoms with Gasteiger partial charge in [0.1, 0.15) is 29.4 Å². The van der Waals surface area contributed by atoms with Gasteiger partial charge in [-0.2, -0.15) is 0 Å². The van der Waals surface area contributed by atoms with Gasteiger partial charge in [0, 0.05) is 25.2 Å². The Labute approximate surface area is 192 Å². The quantitative estimate of drug-likeness (QED) is 0.520. The van der Waals surface area contributed by atoms with Crippen LogP contribution in [-0.4, -0.2) is 55.8 Å². The van der Waals surface area contributed by atoms with Crippen LogP contribution >= 0.6 is 0 Å². The first kappa shape index (κ1) is 22.5. The Morgan fingerprint density at radius 2 is 1.88 bits per heavy atom. The number of nitrogens with zero attached hydrogens (tertiary/aromatic N) is 2. The number of hydrogen-bond acceptors (Lipinski definition) is 6. The molecular formula is C23H23F2N3O6. The molecule has 0 saturated carbocycles. The molecule has 5 rings (SSSR count). The van der Waals surface area contributed by atoms with Gasteiger partial charge in [-0.3, -0.25) is 14.4 Å². The molecule has 11 heteroatoms. The van der Waals surface area contributed by atoms with Gasteiger partial charge >= 0.3 is 0 Å². The average molecular weight is 475 g/mol. The number of pyridine rings is 1. The Balaban J connectivity index is 1.64. The summed E-state index contributed by atoms with van der Waals surface area (Å²) in [5, 5.41) is 34.9. The minimum Gasteiger partial charge on any atom is -0.503 e. The van der Waals surface area contributed by atoms with Gasteiger partial charge in [0.2, 0.25) is 5.43 Å². The van der Waals surface area contributed by atoms with Crippen molar-refractivity contribution >= 4 is 11.8 Å². The van der Waals surface area contributed by atoms with E-state index in [-0.39, 0.29) is 17.9 Å². The molecule has 2 aromatic rings. The van der Waals surface area contributed by atoms with E-state index in [1.807, 2.05) is 0 Å². The van der Waals surface area contributed by atoms with Crippen molar-refractivity contribution in [3.63, 3.8) is 0 Å². The maximum Gasteiger partial charge on any atom is 0.274 e. The minimum atomic E-state index is -1.69. The molecule has 1 saturated heterocycles. The Hall–Kier alpha value is -3.31. The first-order valence-electron chi connectivity index (χ1n) is 11.0. The highest BCUT2D eigenvalue weighted by atomic mass is 19.1. The molecule has 0 aliphatic carbocycles. The van der Waals surface area contributed by atoms with E-state index >= 15 is 0 Å². The highest BCUT2D eigenvalue weighted by molar-refractivity contribution is 6.00. The van der Waals surface area contributed by atoms with Crippen molar-refractivity contribution in [3.05, 3.63) is 62.1 Å². The van der Waals surface area contributed by atoms with Crippen molar-refractivity contribution < 1.29 is 33.7 Å². The summed E-state index contributed by atoms with van der Waals surface area (Å²) in [6.07, 6.45) is -1.55. The lowest BCUT2D eigenvalue weighted by Gasteiger charge is -2.43. The van der Waals surface area contributed by atoms with Gasteiger partial charge in [-0.1, -0.05) is 0 Å². The van der Waals surface area contributed by atoms with Crippen molar-refractivity contribution in [2.24, 2.45) is 0 Å². The Kier molecular flexibility index (Phi) is 5.03. The largest absolute Gasteiger partial charge is 0.503 e. The summed E-state index contributed by atoms with van der Waals surface area (Å²) in [6, 6.07) is 2.19. The van der Waals surface area contributed by atoms with Crippen LogP contribution in [0.25, 0.3) is 0 Å². The summed E-state index contributed by atoms with van der Waals surface area (Å²) in [6.45, 7) is 1.32. The van der Waals surface area contributed by atoms with E-state index in [2.05, 4.69) is 5.32 Å². The van der Waals surface area contributed by atoms with Crippen LogP contribution in [0.3, 0.4) is 0 Å². The van der Waals surface area contributed by atoms with Crippen LogP contribution in [0.1, 0.15) is 63.0 Å². The molecule has 2 bridgehead atoms. The predicted molar refractivity (Wildman–Crippen MR) is 113 cm³/mol. The normalized spacial score (nSPS) is 25.2. The number of amides is 2. The van der Waals surface area contributed by atoms with Crippen LogP contribution in [0.15, 0.2) is 16.9 Å². The summed E-state index contributed by atoms with van der Waals surface area (Å²) >= 11 is 0. The number of fused-ring (bicyclic) bond motifs is 1. The number of aromatic hydroxyl groups is 1. The second-order valence-electron chi connectivity index (χ2n) is 9.19. The topological polar surface area (TPSA) is 132 Å². The molecular weight excluding hydrogens is 452 g/mol. The molecule has 1 aromatic heterocycles. The van der Waals surface area contributed by atoms with Crippen LogP contribution in [0.5, 0.6) is 5.75 Å². The third kappa shape index (κ3) is 2.93. The maximum absolute atomic E-state index is 14.2. The summed E-state index contributed by atoms with van der Waals surface area (Å²) in [7, 11) is 0. The molecule has 0 unspecified atom stereocenters. The second-order valence-corrected chi connectivity index (χ2v) is 9.19. The lowest BCUT2D eigenvalue weighted by Crippen LogP contribution is -2.56. The first-order valence-corrected chi connectivity index (χ1v) is 11.0. The summed E-state index contributed by atoms with van der Waals surface area (Å²) in [5.41, 5.74) is -3.85. The zero-order chi connectivity index (χ0) is 24.5. The van der Waals surface area contributed by atoms with E-state index in [1.165, 1.54) is 16.4 Å². The van der Waals surface area contributed by atoms with E-state index in [0.29, 0.717) is 31.4 Å². The fraction of sp³-hybridized carbons (Fsp3) is 0.435. The monoisotopic (exact) mass is 475 g/mol. The predicted octanol–water partition coefficient (Wildman–Crippen LogP) is 0.813. The van der Waals surface area contributed by atoms with Crippen LogP contribution < -0.4 is 10.7 Å². The zero-order valence-corrected chi connectivity index (χ0v) is 18.3. The number of aryl methyl sites for hydroxylation is 1. The molecule has 34 heavy (non-hydrogen) atoms. The molecule has 2 amide bonds. The Morgan fingerprint density at radius 3 is 2.56 bits per heavy atom. The molecule has 3 aliphatic heterocycles. The van der Waals surface area contributed by atoms with Crippen LogP contribution in [0, 0.1) is 18.6 Å². The van der Waals surface area contributed by atoms with E-state index < -0.39 is 70.0 Å². The van der Waals surface area contributed by atoms with Crippen LogP contribution in [0.4, 0.5) is 8.78 Å². The highest BCUT2D eigenvalue weighted by Gasteiger charge is 2.59. The number of carbonyl (C=O) groups excluding carboxylic acids is 2. The lowest BCUT2D eigenvalue weighted by molar-refractivity contribution is -0.0431. The standard InChI is InChI=1S/C23H23F2N3O6/c1-10-6-12(24)11(13(25)7-10)8-26-21(33)14-15-19(31)20(32)23-4-2-3-5-27(9-23)22(34)16(28(15)23)18(30)17(14)29/h6-7,19-20,30-32H,2-5,8-9H2,1H3,(H,26,33)/t19-,20+,23+/m0/s1.